The summed E-state index contributed by atoms with van der Waals surface area (Å²) in [4.78, 5) is 19.4. The number of rotatable bonds is 6. The fourth-order valence-electron chi connectivity index (χ4n) is 4.04. The first-order valence-corrected chi connectivity index (χ1v) is 9.41. The van der Waals surface area contributed by atoms with Crippen LogP contribution in [0.5, 0.6) is 0 Å². The lowest BCUT2D eigenvalue weighted by atomic mass is 10.0. The van der Waals surface area contributed by atoms with Gasteiger partial charge in [-0.2, -0.15) is 10.1 Å². The molecule has 4 heterocycles. The summed E-state index contributed by atoms with van der Waals surface area (Å²) in [6, 6.07) is 0. The van der Waals surface area contributed by atoms with Crippen molar-refractivity contribution in [1.29, 1.82) is 0 Å². The second-order valence-electron chi connectivity index (χ2n) is 7.71. The second kappa shape index (κ2) is 6.83. The number of nitrogens with zero attached hydrogens (tertiary/aromatic N) is 5. The van der Waals surface area contributed by atoms with E-state index in [4.69, 9.17) is 4.52 Å². The minimum absolute atomic E-state index is 0.0128. The Labute approximate surface area is 152 Å². The molecule has 1 saturated heterocycles. The van der Waals surface area contributed by atoms with Gasteiger partial charge in [0.2, 0.25) is 5.89 Å². The lowest BCUT2D eigenvalue weighted by Crippen LogP contribution is -2.48. The third kappa shape index (κ3) is 3.51. The van der Waals surface area contributed by atoms with Crippen molar-refractivity contribution in [3.63, 3.8) is 0 Å². The molecule has 0 aromatic carbocycles. The minimum Gasteiger partial charge on any atom is -0.345 e. The molecule has 0 aliphatic carbocycles. The van der Waals surface area contributed by atoms with Gasteiger partial charge >= 0.3 is 0 Å². The molecule has 2 aliphatic rings. The van der Waals surface area contributed by atoms with E-state index in [1.165, 1.54) is 0 Å². The first-order chi connectivity index (χ1) is 12.5. The third-order valence-electron chi connectivity index (χ3n) is 5.38. The van der Waals surface area contributed by atoms with Crippen LogP contribution in [0.3, 0.4) is 0 Å². The predicted octanol–water partition coefficient (Wildman–Crippen LogP) is 1.35. The van der Waals surface area contributed by atoms with Crippen molar-refractivity contribution in [3.05, 3.63) is 29.2 Å². The zero-order valence-corrected chi connectivity index (χ0v) is 15.5. The number of carbonyl (C=O) groups is 1. The van der Waals surface area contributed by atoms with Crippen LogP contribution < -0.4 is 5.32 Å². The van der Waals surface area contributed by atoms with Gasteiger partial charge in [-0.3, -0.25) is 9.48 Å². The number of aromatic nitrogens is 4. The molecule has 0 spiro atoms. The SMILES string of the molecule is Cc1noc(CCCN2CCC(C)(NC(=O)c3cnn4c3CCC4)C2)n1. The van der Waals surface area contributed by atoms with Crippen molar-refractivity contribution in [1.82, 2.24) is 30.1 Å². The molecule has 1 fully saturated rings. The molecule has 0 bridgehead atoms. The molecular weight excluding hydrogens is 332 g/mol. The van der Waals surface area contributed by atoms with Crippen LogP contribution in [-0.4, -0.2) is 55.9 Å². The highest BCUT2D eigenvalue weighted by Crippen LogP contribution is 2.24. The standard InChI is InChI=1S/C18H26N6O2/c1-13-20-16(26-22-13)6-4-8-23-10-7-18(2,12-23)21-17(25)14-11-19-24-9-3-5-15(14)24/h11H,3-10,12H2,1-2H3,(H,21,25). The van der Waals surface area contributed by atoms with E-state index in [0.717, 1.165) is 69.5 Å². The average Bonchev–Trinajstić information content (AvgIpc) is 3.32. The zero-order chi connectivity index (χ0) is 18.1. The number of nitrogens with one attached hydrogen (secondary N) is 1. The minimum atomic E-state index is -0.189. The van der Waals surface area contributed by atoms with Crippen LogP contribution in [-0.2, 0) is 19.4 Å². The fourth-order valence-corrected chi connectivity index (χ4v) is 4.04. The Hall–Kier alpha value is -2.22. The van der Waals surface area contributed by atoms with Gasteiger partial charge in [-0.15, -0.1) is 0 Å². The van der Waals surface area contributed by atoms with Gasteiger partial charge in [0.05, 0.1) is 23.0 Å². The lowest BCUT2D eigenvalue weighted by molar-refractivity contribution is 0.0907. The van der Waals surface area contributed by atoms with Gasteiger partial charge in [0.1, 0.15) is 0 Å². The van der Waals surface area contributed by atoms with Crippen LogP contribution in [0.25, 0.3) is 0 Å². The van der Waals surface area contributed by atoms with Crippen molar-refractivity contribution >= 4 is 5.91 Å². The van der Waals surface area contributed by atoms with Crippen LogP contribution >= 0.6 is 0 Å². The Balaban J connectivity index is 1.28. The molecule has 2 aromatic heterocycles. The molecule has 1 atom stereocenters. The normalized spacial score (nSPS) is 22.7. The molecular formula is C18H26N6O2. The van der Waals surface area contributed by atoms with E-state index < -0.39 is 0 Å². The Morgan fingerprint density at radius 2 is 2.31 bits per heavy atom. The topological polar surface area (TPSA) is 89.1 Å². The number of hydrogen-bond donors (Lipinski definition) is 1. The summed E-state index contributed by atoms with van der Waals surface area (Å²) in [6.07, 6.45) is 6.47. The maximum absolute atomic E-state index is 12.7. The van der Waals surface area contributed by atoms with E-state index in [-0.39, 0.29) is 11.4 Å². The number of hydrogen-bond acceptors (Lipinski definition) is 6. The zero-order valence-electron chi connectivity index (χ0n) is 15.5. The number of aryl methyl sites for hydroxylation is 3. The molecule has 1 amide bonds. The average molecular weight is 358 g/mol. The third-order valence-corrected chi connectivity index (χ3v) is 5.38. The van der Waals surface area contributed by atoms with Crippen LogP contribution in [0.15, 0.2) is 10.7 Å². The quantitative estimate of drug-likeness (QED) is 0.838. The van der Waals surface area contributed by atoms with Crippen LogP contribution in [0, 0.1) is 6.92 Å². The van der Waals surface area contributed by atoms with Gasteiger partial charge in [0.25, 0.3) is 5.91 Å². The molecule has 140 valence electrons. The fraction of sp³-hybridized carbons (Fsp3) is 0.667. The summed E-state index contributed by atoms with van der Waals surface area (Å²) < 4.78 is 7.11. The van der Waals surface area contributed by atoms with Crippen LogP contribution in [0.2, 0.25) is 0 Å². The molecule has 2 aromatic rings. The maximum atomic E-state index is 12.7. The molecule has 2 aliphatic heterocycles. The van der Waals surface area contributed by atoms with Crippen molar-refractivity contribution in [2.24, 2.45) is 0 Å². The highest BCUT2D eigenvalue weighted by Gasteiger charge is 2.36. The highest BCUT2D eigenvalue weighted by molar-refractivity contribution is 5.95. The van der Waals surface area contributed by atoms with E-state index in [1.807, 2.05) is 11.6 Å². The summed E-state index contributed by atoms with van der Waals surface area (Å²) in [6.45, 7) is 7.72. The van der Waals surface area contributed by atoms with E-state index in [9.17, 15) is 4.79 Å². The molecule has 1 unspecified atom stereocenters. The Morgan fingerprint density at radius 1 is 1.42 bits per heavy atom. The van der Waals surface area contributed by atoms with Gasteiger partial charge in [-0.1, -0.05) is 5.16 Å². The van der Waals surface area contributed by atoms with Crippen LogP contribution in [0.1, 0.15) is 54.0 Å². The van der Waals surface area contributed by atoms with Crippen molar-refractivity contribution in [2.45, 2.75) is 58.0 Å². The molecule has 8 heteroatoms. The number of amides is 1. The molecule has 8 nitrogen and oxygen atoms in total. The van der Waals surface area contributed by atoms with Crippen molar-refractivity contribution in [3.8, 4) is 0 Å². The highest BCUT2D eigenvalue weighted by atomic mass is 16.5. The van der Waals surface area contributed by atoms with Gasteiger partial charge in [0.15, 0.2) is 5.82 Å². The Morgan fingerprint density at radius 3 is 3.12 bits per heavy atom. The van der Waals surface area contributed by atoms with E-state index in [2.05, 4.69) is 32.4 Å². The van der Waals surface area contributed by atoms with Gasteiger partial charge in [0, 0.05) is 26.1 Å². The molecule has 0 radical (unpaired) electrons. The van der Waals surface area contributed by atoms with Gasteiger partial charge in [-0.25, -0.2) is 0 Å². The lowest BCUT2D eigenvalue weighted by Gasteiger charge is -2.26. The smallest absolute Gasteiger partial charge is 0.255 e. The number of likely N-dealkylation sites (tertiary alicyclic amines) is 1. The van der Waals surface area contributed by atoms with E-state index in [0.29, 0.717) is 11.7 Å². The molecule has 0 saturated carbocycles. The summed E-state index contributed by atoms with van der Waals surface area (Å²) in [7, 11) is 0. The van der Waals surface area contributed by atoms with Crippen molar-refractivity contribution < 1.29 is 9.32 Å². The first kappa shape index (κ1) is 17.2. The largest absolute Gasteiger partial charge is 0.345 e. The van der Waals surface area contributed by atoms with Crippen LogP contribution in [0.4, 0.5) is 0 Å². The van der Waals surface area contributed by atoms with E-state index >= 15 is 0 Å². The monoisotopic (exact) mass is 358 g/mol. The van der Waals surface area contributed by atoms with Gasteiger partial charge < -0.3 is 14.7 Å². The molecule has 26 heavy (non-hydrogen) atoms. The van der Waals surface area contributed by atoms with E-state index in [1.54, 1.807) is 6.20 Å². The summed E-state index contributed by atoms with van der Waals surface area (Å²) in [5.74, 6) is 1.40. The molecule has 4 rings (SSSR count). The second-order valence-corrected chi connectivity index (χ2v) is 7.71. The Kier molecular flexibility index (Phi) is 4.52. The summed E-state index contributed by atoms with van der Waals surface area (Å²) in [5.41, 5.74) is 1.63. The first-order valence-electron chi connectivity index (χ1n) is 9.41. The predicted molar refractivity (Wildman–Crippen MR) is 94.8 cm³/mol. The summed E-state index contributed by atoms with van der Waals surface area (Å²) in [5, 5.41) is 11.4. The van der Waals surface area contributed by atoms with Gasteiger partial charge in [-0.05, 0) is 46.1 Å². The number of fused-ring (bicyclic) bond motifs is 1. The van der Waals surface area contributed by atoms with Crippen molar-refractivity contribution in [2.75, 3.05) is 19.6 Å². The number of carbonyl (C=O) groups excluding carboxylic acids is 1. The maximum Gasteiger partial charge on any atom is 0.255 e. The Bertz CT molecular complexity index is 797. The summed E-state index contributed by atoms with van der Waals surface area (Å²) >= 11 is 0. The molecule has 1 N–H and O–H groups in total.